The summed E-state index contributed by atoms with van der Waals surface area (Å²) >= 11 is 10.0. The molecule has 0 saturated carbocycles. The number of esters is 1. The van der Waals surface area contributed by atoms with Gasteiger partial charge >= 0.3 is 24.2 Å². The summed E-state index contributed by atoms with van der Waals surface area (Å²) in [7, 11) is 7.21. The number of alkyl halides is 1. The molecule has 0 spiro atoms. The van der Waals surface area contributed by atoms with E-state index in [1.165, 1.54) is 52.1 Å². The number of nitrogens with two attached hydrogens (primary N) is 1. The predicted molar refractivity (Wildman–Crippen MR) is 353 cm³/mol. The Balaban J connectivity index is 1.18. The summed E-state index contributed by atoms with van der Waals surface area (Å²) < 4.78 is 35.0. The first-order valence-electron chi connectivity index (χ1n) is 31.1. The lowest BCUT2D eigenvalue weighted by Gasteiger charge is -2.42. The van der Waals surface area contributed by atoms with Crippen molar-refractivity contribution in [2.45, 2.75) is 166 Å². The van der Waals surface area contributed by atoms with Crippen molar-refractivity contribution in [3.05, 3.63) is 88.5 Å². The molecule has 0 aliphatic carbocycles. The molecule has 0 unspecified atom stereocenters. The minimum atomic E-state index is -1.91. The van der Waals surface area contributed by atoms with Crippen molar-refractivity contribution in [3.63, 3.8) is 0 Å². The molecule has 27 nitrogen and oxygen atoms in total. The standard InChI is InChI=1S/C65H92BrClN10O17/c1-37(2)55(73-51(78)21-14-13-15-27-69-57(81)39(4)35-66)59(83)72-45(19-17-28-70-61(68)85)58(82)71-44-24-22-42(23-25-44)36-91-63(87)75(8)29-26-52(79)76(9)41(6)60(84)93-50-33-53(80)77(10)46-31-43(32-47(89-11)54(46)67)30-38(3)18-16-20-49(90-12)65(88)34-48(92-62(86)74-65)40(5)56-64(50,7)94-56/h16,18,20,22-25,31-32,37,40-41,45,48-50,55-56,88H,4,13-15,17,19,21,26-30,33-36H2,1-3,5-12H3,(H,69,81)(H,71,82)(H,72,83)(H,73,78)(H,74,86)(H3,68,70,85)/b20-16+,38-18+/t40-,41+,45+,48+,49-,50+,55+,56+,64+,65+/m1/s1. The Hall–Kier alpha value is -7.79. The number of ether oxygens (including phenoxy) is 6. The molecule has 2 aromatic carbocycles. The molecule has 29 heteroatoms. The van der Waals surface area contributed by atoms with Crippen molar-refractivity contribution in [2.24, 2.45) is 17.6 Å². The van der Waals surface area contributed by atoms with Gasteiger partial charge in [-0.25, -0.2) is 19.2 Å². The Kier molecular flexibility index (Phi) is 29.2. The number of nitrogens with one attached hydrogen (secondary N) is 6. The summed E-state index contributed by atoms with van der Waals surface area (Å²) in [6, 6.07) is 5.81. The van der Waals surface area contributed by atoms with Gasteiger partial charge in [-0.05, 0) is 94.2 Å². The molecule has 10 atom stereocenters. The number of nitrogens with zero attached hydrogens (tertiary/aromatic N) is 3. The number of epoxide rings is 1. The fraction of sp³-hybridized carbons (Fsp3) is 0.569. The molecule has 2 saturated heterocycles. The molecular formula is C65H92BrClN10O17. The van der Waals surface area contributed by atoms with E-state index in [0.717, 1.165) is 16.0 Å². The number of fused-ring (bicyclic) bond motifs is 5. The lowest BCUT2D eigenvalue weighted by Crippen LogP contribution is -2.63. The number of aliphatic hydroxyl groups is 1. The summed E-state index contributed by atoms with van der Waals surface area (Å²) in [5.74, 6) is -4.39. The van der Waals surface area contributed by atoms with Crippen molar-refractivity contribution < 1.29 is 81.5 Å². The van der Waals surface area contributed by atoms with Gasteiger partial charge < -0.3 is 80.5 Å². The first-order chi connectivity index (χ1) is 44.4. The molecule has 94 heavy (non-hydrogen) atoms. The van der Waals surface area contributed by atoms with Crippen molar-refractivity contribution >= 4 is 98.5 Å². The summed E-state index contributed by atoms with van der Waals surface area (Å²) in [5, 5.41) is 28.5. The molecular weight excluding hydrogens is 1310 g/mol. The summed E-state index contributed by atoms with van der Waals surface area (Å²) in [5.41, 5.74) is 5.19. The Bertz CT molecular complexity index is 3130. The van der Waals surface area contributed by atoms with E-state index in [2.05, 4.69) is 54.4 Å². The number of hydrogen-bond acceptors (Lipinski definition) is 17. The topological polar surface area (TPSA) is 358 Å². The monoisotopic (exact) mass is 1400 g/mol. The number of carbonyl (C=O) groups is 10. The van der Waals surface area contributed by atoms with Crippen LogP contribution in [0.5, 0.6) is 5.75 Å². The van der Waals surface area contributed by atoms with Gasteiger partial charge in [-0.1, -0.05) is 97.2 Å². The van der Waals surface area contributed by atoms with E-state index >= 15 is 0 Å². The summed E-state index contributed by atoms with van der Waals surface area (Å²) in [6.45, 7) is 14.2. The number of amides is 10. The molecule has 518 valence electrons. The number of anilines is 2. The second-order valence-corrected chi connectivity index (χ2v) is 25.3. The van der Waals surface area contributed by atoms with Crippen LogP contribution in [0.25, 0.3) is 0 Å². The van der Waals surface area contributed by atoms with E-state index in [1.54, 1.807) is 76.2 Å². The number of likely N-dealkylation sites (N-methyl/N-ethyl adjacent to an activating group) is 1. The molecule has 3 aliphatic heterocycles. The highest BCUT2D eigenvalue weighted by Crippen LogP contribution is 2.49. The van der Waals surface area contributed by atoms with E-state index in [4.69, 9.17) is 45.8 Å². The van der Waals surface area contributed by atoms with Gasteiger partial charge in [0.1, 0.15) is 59.4 Å². The van der Waals surface area contributed by atoms with E-state index in [0.29, 0.717) is 65.8 Å². The Morgan fingerprint density at radius 1 is 0.968 bits per heavy atom. The minimum absolute atomic E-state index is 0.0938. The number of methoxy groups -OCH3 is 2. The summed E-state index contributed by atoms with van der Waals surface area (Å²) in [4.78, 5) is 136. The summed E-state index contributed by atoms with van der Waals surface area (Å²) in [6.07, 6.45) is 1.37. The van der Waals surface area contributed by atoms with Crippen LogP contribution in [0.4, 0.5) is 25.8 Å². The zero-order valence-corrected chi connectivity index (χ0v) is 57.7. The van der Waals surface area contributed by atoms with E-state index in [1.807, 2.05) is 13.0 Å². The Labute approximate surface area is 562 Å². The van der Waals surface area contributed by atoms with E-state index in [-0.39, 0.29) is 74.6 Å². The zero-order chi connectivity index (χ0) is 69.8. The van der Waals surface area contributed by atoms with E-state index in [9.17, 15) is 53.1 Å². The third kappa shape index (κ3) is 21.9. The number of hydrogen-bond donors (Lipinski definition) is 8. The third-order valence-corrected chi connectivity index (χ3v) is 17.9. The predicted octanol–water partition coefficient (Wildman–Crippen LogP) is 5.81. The number of unbranched alkanes of at least 4 members (excludes halogenated alkanes) is 2. The first-order valence-corrected chi connectivity index (χ1v) is 32.6. The van der Waals surface area contributed by atoms with Crippen LogP contribution in [-0.2, 0) is 70.3 Å². The van der Waals surface area contributed by atoms with Crippen molar-refractivity contribution in [1.82, 2.24) is 36.4 Å². The average molecular weight is 1400 g/mol. The fourth-order valence-corrected chi connectivity index (χ4v) is 11.3. The quantitative estimate of drug-likeness (QED) is 0.0124. The van der Waals surface area contributed by atoms with Crippen LogP contribution in [0, 0.1) is 11.8 Å². The fourth-order valence-electron chi connectivity index (χ4n) is 10.7. The number of primary amides is 1. The van der Waals surface area contributed by atoms with Crippen LogP contribution >= 0.6 is 27.5 Å². The smallest absolute Gasteiger partial charge is 0.409 e. The molecule has 3 aliphatic rings. The van der Waals surface area contributed by atoms with Gasteiger partial charge in [0.25, 0.3) is 0 Å². The van der Waals surface area contributed by atoms with Gasteiger partial charge in [0.2, 0.25) is 35.4 Å². The van der Waals surface area contributed by atoms with Gasteiger partial charge in [-0.3, -0.25) is 34.1 Å². The number of benzene rings is 2. The van der Waals surface area contributed by atoms with Crippen LogP contribution in [0.2, 0.25) is 5.02 Å². The van der Waals surface area contributed by atoms with Gasteiger partial charge in [0, 0.05) is 89.7 Å². The molecule has 4 bridgehead atoms. The van der Waals surface area contributed by atoms with Crippen molar-refractivity contribution in [1.29, 1.82) is 0 Å². The Morgan fingerprint density at radius 2 is 1.66 bits per heavy atom. The second kappa shape index (κ2) is 35.6. The van der Waals surface area contributed by atoms with Crippen LogP contribution in [0.1, 0.15) is 110 Å². The second-order valence-electron chi connectivity index (χ2n) is 24.4. The van der Waals surface area contributed by atoms with Crippen LogP contribution in [-0.4, -0.2) is 189 Å². The molecule has 0 radical (unpaired) electrons. The van der Waals surface area contributed by atoms with Gasteiger partial charge in [-0.15, -0.1) is 0 Å². The lowest BCUT2D eigenvalue weighted by molar-refractivity contribution is -0.162. The molecule has 9 N–H and O–H groups in total. The molecule has 5 rings (SSSR count). The number of alkyl carbamates (subject to hydrolysis) is 1. The molecule has 3 heterocycles. The normalized spacial score (nSPS) is 22.9. The minimum Gasteiger partial charge on any atom is -0.495 e. The van der Waals surface area contributed by atoms with Crippen LogP contribution < -0.4 is 47.3 Å². The van der Waals surface area contributed by atoms with Crippen LogP contribution in [0.15, 0.2) is 72.4 Å². The van der Waals surface area contributed by atoms with Gasteiger partial charge in [-0.2, -0.15) is 0 Å². The third-order valence-electron chi connectivity index (χ3n) is 16.8. The number of rotatable bonds is 28. The highest BCUT2D eigenvalue weighted by molar-refractivity contribution is 9.09. The highest BCUT2D eigenvalue weighted by Gasteiger charge is 2.64. The lowest BCUT2D eigenvalue weighted by atomic mass is 9.83. The van der Waals surface area contributed by atoms with Crippen molar-refractivity contribution in [3.8, 4) is 5.75 Å². The molecule has 2 fully saturated rings. The van der Waals surface area contributed by atoms with Crippen molar-refractivity contribution in [2.75, 3.05) is 70.5 Å². The highest BCUT2D eigenvalue weighted by atomic mass is 79.9. The molecule has 0 aromatic heterocycles. The first kappa shape index (κ1) is 76.9. The van der Waals surface area contributed by atoms with Gasteiger partial charge in [0.05, 0.1) is 25.3 Å². The Morgan fingerprint density at radius 3 is 2.31 bits per heavy atom. The van der Waals surface area contributed by atoms with Gasteiger partial charge in [0.15, 0.2) is 5.72 Å². The maximum absolute atomic E-state index is 14.5. The largest absolute Gasteiger partial charge is 0.495 e. The molecule has 10 amide bonds. The number of allylic oxidation sites excluding steroid dienone is 3. The van der Waals surface area contributed by atoms with E-state index < -0.39 is 114 Å². The number of carbonyl (C=O) groups excluding carboxylic acids is 10. The zero-order valence-electron chi connectivity index (χ0n) is 55.4. The number of halogens is 2. The molecule has 2 aromatic rings. The SMILES string of the molecule is C=C(CBr)C(=O)NCCCCCC(=O)N[C@H](C(=O)N[C@@H](CCCNC(N)=O)C(=O)Nc1ccc(COC(=O)N(C)CCC(=O)N(C)[C@@H](C)C(=O)O[C@H]2CC(=O)N(C)c3cc(cc(OC)c3Cl)C/C(C)=C/C=C/[C@@H](OC)[C@@]3(O)C[C@H](OC(=O)N3)[C@@H](C)[C@@H]3O[C@@]23C)cc1)C(C)C. The van der Waals surface area contributed by atoms with Crippen LogP contribution in [0.3, 0.4) is 0 Å². The average Bonchev–Trinajstić information content (AvgIpc) is 1.57. The number of urea groups is 1. The maximum Gasteiger partial charge on any atom is 0.409 e. The maximum atomic E-state index is 14.5.